The van der Waals surface area contributed by atoms with Gasteiger partial charge >= 0.3 is 0 Å². The zero-order valence-corrected chi connectivity index (χ0v) is 10.8. The Morgan fingerprint density at radius 1 is 1.40 bits per heavy atom. The van der Waals surface area contributed by atoms with Crippen molar-refractivity contribution in [1.29, 1.82) is 0 Å². The third kappa shape index (κ3) is 3.67. The number of nitrogens with zero attached hydrogens (tertiary/aromatic N) is 2. The van der Waals surface area contributed by atoms with E-state index in [9.17, 15) is 4.79 Å². The molecule has 1 amide bonds. The second kappa shape index (κ2) is 7.07. The van der Waals surface area contributed by atoms with Crippen LogP contribution in [0, 0.1) is 11.8 Å². The molecular formula is C14H14N4O2. The summed E-state index contributed by atoms with van der Waals surface area (Å²) in [5.41, 5.74) is 1.91. The fourth-order valence-corrected chi connectivity index (χ4v) is 1.65. The maximum atomic E-state index is 12.1. The molecule has 0 aliphatic rings. The number of amides is 1. The summed E-state index contributed by atoms with van der Waals surface area (Å²) in [5, 5.41) is 11.5. The minimum Gasteiger partial charge on any atom is -0.384 e. The highest BCUT2D eigenvalue weighted by molar-refractivity contribution is 5.96. The van der Waals surface area contributed by atoms with Gasteiger partial charge in [0.1, 0.15) is 6.61 Å². The fourth-order valence-electron chi connectivity index (χ4n) is 1.65. The maximum absolute atomic E-state index is 12.1. The van der Waals surface area contributed by atoms with Crippen molar-refractivity contribution < 1.29 is 9.90 Å². The first kappa shape index (κ1) is 13.8. The second-order valence-corrected chi connectivity index (χ2v) is 3.96. The highest BCUT2D eigenvalue weighted by atomic mass is 16.2. The molecule has 0 aliphatic heterocycles. The third-order valence-electron chi connectivity index (χ3n) is 2.60. The van der Waals surface area contributed by atoms with Gasteiger partial charge in [-0.15, -0.1) is 0 Å². The molecule has 6 nitrogen and oxygen atoms in total. The first-order valence-electron chi connectivity index (χ1n) is 6.10. The van der Waals surface area contributed by atoms with Crippen molar-refractivity contribution in [2.45, 2.75) is 6.42 Å². The number of imidazole rings is 1. The summed E-state index contributed by atoms with van der Waals surface area (Å²) in [5.74, 6) is 5.01. The zero-order chi connectivity index (χ0) is 14.2. The Kier molecular flexibility index (Phi) is 4.87. The van der Waals surface area contributed by atoms with Crippen molar-refractivity contribution in [3.63, 3.8) is 0 Å². The number of rotatable bonds is 4. The lowest BCUT2D eigenvalue weighted by molar-refractivity contribution is 0.0953. The van der Waals surface area contributed by atoms with E-state index in [2.05, 4.69) is 32.1 Å². The van der Waals surface area contributed by atoms with E-state index >= 15 is 0 Å². The monoisotopic (exact) mass is 270 g/mol. The number of aliphatic hydroxyl groups is 1. The average molecular weight is 270 g/mol. The summed E-state index contributed by atoms with van der Waals surface area (Å²) in [6.45, 7) is 0.242. The fraction of sp³-hybridized carbons (Fsp3) is 0.214. The van der Waals surface area contributed by atoms with E-state index in [0.29, 0.717) is 24.1 Å². The number of hydrogen-bond donors (Lipinski definition) is 3. The SMILES string of the molecule is O=C(NCCc1cnc[nH]1)c1ccncc1C#CCO. The smallest absolute Gasteiger partial charge is 0.252 e. The molecule has 0 saturated carbocycles. The van der Waals surface area contributed by atoms with Crippen LogP contribution in [0.3, 0.4) is 0 Å². The quantitative estimate of drug-likeness (QED) is 0.688. The minimum atomic E-state index is -0.254. The van der Waals surface area contributed by atoms with Gasteiger partial charge in [-0.25, -0.2) is 4.98 Å². The van der Waals surface area contributed by atoms with E-state index < -0.39 is 0 Å². The summed E-state index contributed by atoms with van der Waals surface area (Å²) in [7, 11) is 0. The predicted molar refractivity (Wildman–Crippen MR) is 72.8 cm³/mol. The lowest BCUT2D eigenvalue weighted by Gasteiger charge is -2.05. The highest BCUT2D eigenvalue weighted by Gasteiger charge is 2.09. The third-order valence-corrected chi connectivity index (χ3v) is 2.60. The van der Waals surface area contributed by atoms with Gasteiger partial charge in [-0.3, -0.25) is 9.78 Å². The Morgan fingerprint density at radius 3 is 3.05 bits per heavy atom. The van der Waals surface area contributed by atoms with Crippen LogP contribution in [0.5, 0.6) is 0 Å². The molecule has 2 rings (SSSR count). The van der Waals surface area contributed by atoms with Crippen LogP contribution in [0.25, 0.3) is 0 Å². The van der Waals surface area contributed by atoms with Crippen LogP contribution in [0.1, 0.15) is 21.6 Å². The molecule has 0 aliphatic carbocycles. The van der Waals surface area contributed by atoms with Gasteiger partial charge in [0.25, 0.3) is 5.91 Å². The van der Waals surface area contributed by atoms with Gasteiger partial charge < -0.3 is 15.4 Å². The Balaban J connectivity index is 1.98. The normalized spacial score (nSPS) is 9.65. The standard InChI is InChI=1S/C14H14N4O2/c19-7-1-2-11-8-15-5-4-13(11)14(20)17-6-3-12-9-16-10-18-12/h4-5,8-10,19H,3,6-7H2,(H,16,18)(H,17,20). The van der Waals surface area contributed by atoms with E-state index in [4.69, 9.17) is 5.11 Å². The lowest BCUT2D eigenvalue weighted by atomic mass is 10.1. The van der Waals surface area contributed by atoms with Gasteiger partial charge in [0.15, 0.2) is 0 Å². The first-order chi connectivity index (χ1) is 9.81. The van der Waals surface area contributed by atoms with Crippen LogP contribution < -0.4 is 5.32 Å². The highest BCUT2D eigenvalue weighted by Crippen LogP contribution is 2.05. The van der Waals surface area contributed by atoms with E-state index in [-0.39, 0.29) is 12.5 Å². The van der Waals surface area contributed by atoms with Gasteiger partial charge in [-0.05, 0) is 6.07 Å². The van der Waals surface area contributed by atoms with Crippen LogP contribution in [0.4, 0.5) is 0 Å². The predicted octanol–water partition coefficient (Wildman–Crippen LogP) is 0.121. The van der Waals surface area contributed by atoms with Crippen molar-refractivity contribution in [2.75, 3.05) is 13.2 Å². The van der Waals surface area contributed by atoms with Gasteiger partial charge in [0.2, 0.25) is 0 Å². The molecule has 0 radical (unpaired) electrons. The molecule has 0 fully saturated rings. The molecule has 20 heavy (non-hydrogen) atoms. The Hall–Kier alpha value is -2.65. The second-order valence-electron chi connectivity index (χ2n) is 3.96. The molecule has 2 aromatic heterocycles. The first-order valence-corrected chi connectivity index (χ1v) is 6.10. The molecule has 0 atom stereocenters. The van der Waals surface area contributed by atoms with Gasteiger partial charge in [0.05, 0.1) is 17.5 Å². The number of aromatic amines is 1. The van der Waals surface area contributed by atoms with Crippen molar-refractivity contribution in [1.82, 2.24) is 20.3 Å². The molecule has 0 unspecified atom stereocenters. The lowest BCUT2D eigenvalue weighted by Crippen LogP contribution is -2.26. The summed E-state index contributed by atoms with van der Waals surface area (Å²) in [6, 6.07) is 1.60. The topological polar surface area (TPSA) is 90.9 Å². The van der Waals surface area contributed by atoms with Crippen LogP contribution in [0.15, 0.2) is 31.0 Å². The Bertz CT molecular complexity index is 626. The molecule has 6 heteroatoms. The van der Waals surface area contributed by atoms with Crippen molar-refractivity contribution in [3.05, 3.63) is 47.8 Å². The molecule has 0 aromatic carbocycles. The van der Waals surface area contributed by atoms with Gasteiger partial charge in [-0.2, -0.15) is 0 Å². The largest absolute Gasteiger partial charge is 0.384 e. The van der Waals surface area contributed by atoms with Gasteiger partial charge in [0, 0.05) is 37.3 Å². The molecule has 0 bridgehead atoms. The maximum Gasteiger partial charge on any atom is 0.252 e. The van der Waals surface area contributed by atoms with Crippen molar-refractivity contribution in [2.24, 2.45) is 0 Å². The van der Waals surface area contributed by atoms with Crippen LogP contribution in [-0.2, 0) is 6.42 Å². The number of nitrogens with one attached hydrogen (secondary N) is 2. The number of carbonyl (C=O) groups is 1. The molecule has 0 spiro atoms. The minimum absolute atomic E-state index is 0.214. The van der Waals surface area contributed by atoms with E-state index in [1.165, 1.54) is 12.4 Å². The molecule has 3 N–H and O–H groups in total. The molecule has 2 aromatic rings. The summed E-state index contributed by atoms with van der Waals surface area (Å²) in [4.78, 5) is 22.9. The van der Waals surface area contributed by atoms with Crippen LogP contribution in [0.2, 0.25) is 0 Å². The zero-order valence-electron chi connectivity index (χ0n) is 10.8. The summed E-state index contributed by atoms with van der Waals surface area (Å²) < 4.78 is 0. The van der Waals surface area contributed by atoms with Gasteiger partial charge in [-0.1, -0.05) is 11.8 Å². The van der Waals surface area contributed by atoms with Crippen molar-refractivity contribution >= 4 is 5.91 Å². The van der Waals surface area contributed by atoms with Crippen LogP contribution in [-0.4, -0.2) is 39.1 Å². The number of aliphatic hydroxyl groups excluding tert-OH is 1. The van der Waals surface area contributed by atoms with Crippen LogP contribution >= 0.6 is 0 Å². The molecule has 102 valence electrons. The summed E-state index contributed by atoms with van der Waals surface area (Å²) >= 11 is 0. The number of aromatic nitrogens is 3. The Morgan fingerprint density at radius 2 is 2.30 bits per heavy atom. The average Bonchev–Trinajstić information content (AvgIpc) is 2.98. The van der Waals surface area contributed by atoms with E-state index in [1.54, 1.807) is 18.6 Å². The molecule has 2 heterocycles. The number of H-pyrrole nitrogens is 1. The van der Waals surface area contributed by atoms with E-state index in [0.717, 1.165) is 5.69 Å². The van der Waals surface area contributed by atoms with E-state index in [1.807, 2.05) is 0 Å². The Labute approximate surface area is 116 Å². The molecule has 0 saturated heterocycles. The molecular weight excluding hydrogens is 256 g/mol. The number of pyridine rings is 1. The number of carbonyl (C=O) groups excluding carboxylic acids is 1. The number of hydrogen-bond acceptors (Lipinski definition) is 4. The van der Waals surface area contributed by atoms with Crippen molar-refractivity contribution in [3.8, 4) is 11.8 Å². The summed E-state index contributed by atoms with van der Waals surface area (Å²) in [6.07, 6.45) is 7.04.